The average molecular weight is 132 g/mol. The maximum Gasteiger partial charge on any atom is 0.349 e. The van der Waals surface area contributed by atoms with Crippen molar-refractivity contribution in [2.24, 2.45) is 0 Å². The summed E-state index contributed by atoms with van der Waals surface area (Å²) in [7, 11) is 0. The monoisotopic (exact) mass is 132 g/mol. The largest absolute Gasteiger partial charge is 0.479 e. The van der Waals surface area contributed by atoms with Gasteiger partial charge >= 0.3 is 11.9 Å². The SMILES string of the molecule is O=C(O)C1OCOC1=O. The van der Waals surface area contributed by atoms with Gasteiger partial charge in [0.1, 0.15) is 0 Å². The molecule has 1 aliphatic rings. The lowest BCUT2D eigenvalue weighted by atomic mass is 10.4. The van der Waals surface area contributed by atoms with Crippen molar-refractivity contribution in [2.75, 3.05) is 6.79 Å². The van der Waals surface area contributed by atoms with Crippen LogP contribution in [0.3, 0.4) is 0 Å². The third-order valence-corrected chi connectivity index (χ3v) is 0.874. The Bertz CT molecular complexity index is 151. The van der Waals surface area contributed by atoms with E-state index in [0.29, 0.717) is 0 Å². The topological polar surface area (TPSA) is 72.8 Å². The van der Waals surface area contributed by atoms with Crippen molar-refractivity contribution in [3.63, 3.8) is 0 Å². The molecule has 1 unspecified atom stereocenters. The number of esters is 1. The minimum Gasteiger partial charge on any atom is -0.479 e. The molecule has 0 saturated carbocycles. The molecule has 0 spiro atoms. The number of ether oxygens (including phenoxy) is 2. The van der Waals surface area contributed by atoms with Gasteiger partial charge in [-0.15, -0.1) is 0 Å². The standard InChI is InChI=1S/C4H4O5/c5-3(6)2-4(7)9-1-8-2/h2H,1H2,(H,5,6). The van der Waals surface area contributed by atoms with Crippen LogP contribution < -0.4 is 0 Å². The maximum atomic E-state index is 10.3. The van der Waals surface area contributed by atoms with Crippen LogP contribution in [0.1, 0.15) is 0 Å². The zero-order chi connectivity index (χ0) is 6.85. The summed E-state index contributed by atoms with van der Waals surface area (Å²) in [5, 5.41) is 8.16. The minimum atomic E-state index is -1.41. The van der Waals surface area contributed by atoms with E-state index in [4.69, 9.17) is 5.11 Å². The summed E-state index contributed by atoms with van der Waals surface area (Å²) < 4.78 is 8.54. The third kappa shape index (κ3) is 0.996. The van der Waals surface area contributed by atoms with E-state index in [2.05, 4.69) is 9.47 Å². The molecule has 1 rings (SSSR count). The Morgan fingerprint density at radius 3 is 2.67 bits per heavy atom. The van der Waals surface area contributed by atoms with E-state index >= 15 is 0 Å². The molecule has 1 N–H and O–H groups in total. The molecule has 50 valence electrons. The third-order valence-electron chi connectivity index (χ3n) is 0.874. The highest BCUT2D eigenvalue weighted by molar-refractivity contribution is 5.97. The Morgan fingerprint density at radius 1 is 1.78 bits per heavy atom. The molecule has 0 aromatic heterocycles. The van der Waals surface area contributed by atoms with Crippen molar-refractivity contribution in [1.29, 1.82) is 0 Å². The number of carbonyl (C=O) groups is 2. The highest BCUT2D eigenvalue weighted by atomic mass is 16.7. The summed E-state index contributed by atoms with van der Waals surface area (Å²) in [5.74, 6) is -2.14. The predicted molar refractivity (Wildman–Crippen MR) is 23.5 cm³/mol. The predicted octanol–water partition coefficient (Wildman–Crippen LogP) is -1.03. The zero-order valence-corrected chi connectivity index (χ0v) is 4.36. The fraction of sp³-hybridized carbons (Fsp3) is 0.500. The summed E-state index contributed by atoms with van der Waals surface area (Å²) in [5.41, 5.74) is 0. The lowest BCUT2D eigenvalue weighted by Crippen LogP contribution is -2.26. The Hall–Kier alpha value is -1.10. The van der Waals surface area contributed by atoms with Crippen molar-refractivity contribution in [3.05, 3.63) is 0 Å². The molecule has 5 heteroatoms. The van der Waals surface area contributed by atoms with Gasteiger partial charge in [-0.2, -0.15) is 0 Å². The first kappa shape index (κ1) is 6.03. The molecule has 1 atom stereocenters. The zero-order valence-electron chi connectivity index (χ0n) is 4.36. The lowest BCUT2D eigenvalue weighted by Gasteiger charge is -1.93. The minimum absolute atomic E-state index is 0.254. The van der Waals surface area contributed by atoms with Crippen molar-refractivity contribution < 1.29 is 24.2 Å². The number of rotatable bonds is 1. The number of carboxylic acid groups (broad SMARTS) is 1. The molecular formula is C4H4O5. The maximum absolute atomic E-state index is 10.3. The molecule has 0 aromatic rings. The van der Waals surface area contributed by atoms with Crippen molar-refractivity contribution in [3.8, 4) is 0 Å². The highest BCUT2D eigenvalue weighted by Crippen LogP contribution is 2.03. The molecule has 0 radical (unpaired) electrons. The van der Waals surface area contributed by atoms with E-state index < -0.39 is 18.0 Å². The first-order valence-electron chi connectivity index (χ1n) is 2.23. The molecule has 1 fully saturated rings. The lowest BCUT2D eigenvalue weighted by molar-refractivity contribution is -0.152. The van der Waals surface area contributed by atoms with Crippen LogP contribution in [-0.2, 0) is 19.1 Å². The number of aliphatic carboxylic acids is 1. The summed E-state index contributed by atoms with van der Waals surface area (Å²) in [4.78, 5) is 20.3. The second-order valence-electron chi connectivity index (χ2n) is 1.47. The fourth-order valence-corrected chi connectivity index (χ4v) is 0.476. The number of carbonyl (C=O) groups excluding carboxylic acids is 1. The van der Waals surface area contributed by atoms with Gasteiger partial charge in [0, 0.05) is 0 Å². The first-order chi connectivity index (χ1) is 4.22. The number of carboxylic acids is 1. The van der Waals surface area contributed by atoms with Crippen LogP contribution in [-0.4, -0.2) is 29.9 Å². The van der Waals surface area contributed by atoms with Crippen molar-refractivity contribution >= 4 is 11.9 Å². The van der Waals surface area contributed by atoms with E-state index in [0.717, 1.165) is 0 Å². The van der Waals surface area contributed by atoms with Gasteiger partial charge in [-0.05, 0) is 0 Å². The molecule has 1 aliphatic heterocycles. The van der Waals surface area contributed by atoms with Gasteiger partial charge in [-0.3, -0.25) is 0 Å². The van der Waals surface area contributed by atoms with Crippen LogP contribution in [0.25, 0.3) is 0 Å². The molecule has 5 nitrogen and oxygen atoms in total. The molecule has 1 heterocycles. The molecule has 9 heavy (non-hydrogen) atoms. The first-order valence-corrected chi connectivity index (χ1v) is 2.23. The van der Waals surface area contributed by atoms with E-state index in [1.807, 2.05) is 0 Å². The Labute approximate surface area is 50.2 Å². The normalized spacial score (nSPS) is 25.8. The van der Waals surface area contributed by atoms with Gasteiger partial charge in [-0.25, -0.2) is 9.59 Å². The van der Waals surface area contributed by atoms with Gasteiger partial charge < -0.3 is 14.6 Å². The Balaban J connectivity index is 2.60. The second-order valence-corrected chi connectivity index (χ2v) is 1.47. The molecule has 0 aliphatic carbocycles. The van der Waals surface area contributed by atoms with Crippen molar-refractivity contribution in [1.82, 2.24) is 0 Å². The van der Waals surface area contributed by atoms with Gasteiger partial charge in [0.2, 0.25) is 0 Å². The smallest absolute Gasteiger partial charge is 0.349 e. The van der Waals surface area contributed by atoms with Crippen LogP contribution in [0.5, 0.6) is 0 Å². The van der Waals surface area contributed by atoms with E-state index in [9.17, 15) is 9.59 Å². The molecular weight excluding hydrogens is 128 g/mol. The number of cyclic esters (lactones) is 1. The van der Waals surface area contributed by atoms with Crippen LogP contribution in [0, 0.1) is 0 Å². The van der Waals surface area contributed by atoms with E-state index in [-0.39, 0.29) is 6.79 Å². The summed E-state index contributed by atoms with van der Waals surface area (Å²) in [6.45, 7) is -0.254. The van der Waals surface area contributed by atoms with E-state index in [1.54, 1.807) is 0 Å². The molecule has 1 saturated heterocycles. The van der Waals surface area contributed by atoms with Crippen molar-refractivity contribution in [2.45, 2.75) is 6.10 Å². The average Bonchev–Trinajstić information content (AvgIpc) is 2.13. The van der Waals surface area contributed by atoms with Crippen LogP contribution >= 0.6 is 0 Å². The summed E-state index contributed by atoms with van der Waals surface area (Å²) in [6, 6.07) is 0. The van der Waals surface area contributed by atoms with Gasteiger partial charge in [0.15, 0.2) is 6.79 Å². The number of hydrogen-bond acceptors (Lipinski definition) is 4. The highest BCUT2D eigenvalue weighted by Gasteiger charge is 2.34. The molecule has 0 amide bonds. The Kier molecular flexibility index (Phi) is 1.35. The molecule has 0 bridgehead atoms. The van der Waals surface area contributed by atoms with E-state index in [1.165, 1.54) is 0 Å². The quantitative estimate of drug-likeness (QED) is 0.365. The summed E-state index contributed by atoms with van der Waals surface area (Å²) in [6.07, 6.45) is -1.41. The van der Waals surface area contributed by atoms with Crippen LogP contribution in [0.15, 0.2) is 0 Å². The van der Waals surface area contributed by atoms with Gasteiger partial charge in [0.25, 0.3) is 6.10 Å². The second kappa shape index (κ2) is 2.02. The van der Waals surface area contributed by atoms with Crippen LogP contribution in [0.4, 0.5) is 0 Å². The number of hydrogen-bond donors (Lipinski definition) is 1. The fourth-order valence-electron chi connectivity index (χ4n) is 0.476. The van der Waals surface area contributed by atoms with Gasteiger partial charge in [0.05, 0.1) is 0 Å². The summed E-state index contributed by atoms with van der Waals surface area (Å²) >= 11 is 0. The Morgan fingerprint density at radius 2 is 2.44 bits per heavy atom. The van der Waals surface area contributed by atoms with Gasteiger partial charge in [-0.1, -0.05) is 0 Å². The molecule has 0 aromatic carbocycles. The van der Waals surface area contributed by atoms with Crippen LogP contribution in [0.2, 0.25) is 0 Å².